The highest BCUT2D eigenvalue weighted by Gasteiger charge is 2.26. The standard InChI is InChI=1S/C14H24N4O5/c1-8(2)12(14(23)17-7-11(20)21)18-10(19)6-16-13(22)9-4-3-5-15-9/h8-9,12,15H,3-7H2,1-2H3,(H,16,22)(H,17,23)(H,18,19)(H,20,21)/t9-,12-/m0/s1. The molecule has 0 saturated carbocycles. The van der Waals surface area contributed by atoms with Gasteiger partial charge in [0.15, 0.2) is 0 Å². The molecule has 1 aliphatic rings. The summed E-state index contributed by atoms with van der Waals surface area (Å²) in [6, 6.07) is -1.13. The molecule has 1 heterocycles. The minimum absolute atomic E-state index is 0.222. The van der Waals surface area contributed by atoms with Crippen molar-refractivity contribution in [2.24, 2.45) is 5.92 Å². The van der Waals surface area contributed by atoms with E-state index in [4.69, 9.17) is 5.11 Å². The van der Waals surface area contributed by atoms with Crippen molar-refractivity contribution in [1.82, 2.24) is 21.3 Å². The summed E-state index contributed by atoms with van der Waals surface area (Å²) in [7, 11) is 0. The van der Waals surface area contributed by atoms with Gasteiger partial charge in [-0.3, -0.25) is 19.2 Å². The second kappa shape index (κ2) is 9.09. The molecule has 0 spiro atoms. The van der Waals surface area contributed by atoms with E-state index in [0.29, 0.717) is 0 Å². The molecular weight excluding hydrogens is 304 g/mol. The van der Waals surface area contributed by atoms with Gasteiger partial charge in [0.2, 0.25) is 17.7 Å². The van der Waals surface area contributed by atoms with Crippen molar-refractivity contribution in [3.63, 3.8) is 0 Å². The number of carboxylic acid groups (broad SMARTS) is 1. The molecule has 0 unspecified atom stereocenters. The van der Waals surface area contributed by atoms with Crippen molar-refractivity contribution in [3.05, 3.63) is 0 Å². The summed E-state index contributed by atoms with van der Waals surface area (Å²) in [5.41, 5.74) is 0. The molecule has 1 rings (SSSR count). The summed E-state index contributed by atoms with van der Waals surface area (Å²) in [5, 5.41) is 18.8. The van der Waals surface area contributed by atoms with Crippen molar-refractivity contribution in [3.8, 4) is 0 Å². The fourth-order valence-corrected chi connectivity index (χ4v) is 2.23. The average Bonchev–Trinajstić information content (AvgIpc) is 3.01. The van der Waals surface area contributed by atoms with Crippen LogP contribution in [0.5, 0.6) is 0 Å². The highest BCUT2D eigenvalue weighted by molar-refractivity contribution is 5.92. The maximum Gasteiger partial charge on any atom is 0.322 e. The predicted octanol–water partition coefficient (Wildman–Crippen LogP) is -1.80. The number of hydrogen-bond acceptors (Lipinski definition) is 5. The lowest BCUT2D eigenvalue weighted by atomic mass is 10.0. The molecule has 23 heavy (non-hydrogen) atoms. The van der Waals surface area contributed by atoms with Gasteiger partial charge >= 0.3 is 5.97 Å². The highest BCUT2D eigenvalue weighted by atomic mass is 16.4. The van der Waals surface area contributed by atoms with Crippen molar-refractivity contribution in [1.29, 1.82) is 0 Å². The first kappa shape index (κ1) is 18.9. The Kier molecular flexibility index (Phi) is 7.46. The van der Waals surface area contributed by atoms with Gasteiger partial charge < -0.3 is 26.4 Å². The molecule has 0 aromatic heterocycles. The summed E-state index contributed by atoms with van der Waals surface area (Å²) in [6.07, 6.45) is 1.66. The molecule has 0 aromatic carbocycles. The molecule has 1 fully saturated rings. The maximum atomic E-state index is 11.9. The third kappa shape index (κ3) is 6.64. The first-order valence-electron chi connectivity index (χ1n) is 7.61. The van der Waals surface area contributed by atoms with Gasteiger partial charge in [-0.2, -0.15) is 0 Å². The van der Waals surface area contributed by atoms with Gasteiger partial charge in [-0.05, 0) is 25.3 Å². The Bertz CT molecular complexity index is 460. The number of rotatable bonds is 8. The van der Waals surface area contributed by atoms with E-state index in [1.165, 1.54) is 0 Å². The van der Waals surface area contributed by atoms with E-state index in [-0.39, 0.29) is 24.4 Å². The molecule has 0 radical (unpaired) electrons. The zero-order valence-corrected chi connectivity index (χ0v) is 13.3. The third-order valence-corrected chi connectivity index (χ3v) is 3.48. The average molecular weight is 328 g/mol. The normalized spacial score (nSPS) is 18.3. The van der Waals surface area contributed by atoms with Crippen molar-refractivity contribution < 1.29 is 24.3 Å². The quantitative estimate of drug-likeness (QED) is 0.356. The Balaban J connectivity index is 2.42. The minimum Gasteiger partial charge on any atom is -0.480 e. The van der Waals surface area contributed by atoms with E-state index in [1.807, 2.05) is 0 Å². The molecule has 1 saturated heterocycles. The van der Waals surface area contributed by atoms with Crippen LogP contribution in [0.15, 0.2) is 0 Å². The van der Waals surface area contributed by atoms with E-state index in [9.17, 15) is 19.2 Å². The van der Waals surface area contributed by atoms with E-state index >= 15 is 0 Å². The van der Waals surface area contributed by atoms with Crippen LogP contribution in [-0.2, 0) is 19.2 Å². The lowest BCUT2D eigenvalue weighted by Gasteiger charge is -2.21. The number of nitrogens with one attached hydrogen (secondary N) is 4. The topological polar surface area (TPSA) is 137 Å². The summed E-state index contributed by atoms with van der Waals surface area (Å²) in [5.74, 6) is -2.70. The smallest absolute Gasteiger partial charge is 0.322 e. The van der Waals surface area contributed by atoms with Gasteiger partial charge in [-0.1, -0.05) is 13.8 Å². The van der Waals surface area contributed by atoms with Crippen LogP contribution < -0.4 is 21.3 Å². The van der Waals surface area contributed by atoms with Crippen LogP contribution in [0.1, 0.15) is 26.7 Å². The van der Waals surface area contributed by atoms with E-state index in [2.05, 4.69) is 21.3 Å². The van der Waals surface area contributed by atoms with Crippen molar-refractivity contribution in [2.75, 3.05) is 19.6 Å². The Morgan fingerprint density at radius 3 is 2.39 bits per heavy atom. The molecule has 0 aromatic rings. The fraction of sp³-hybridized carbons (Fsp3) is 0.714. The van der Waals surface area contributed by atoms with Gasteiger partial charge in [0.25, 0.3) is 0 Å². The molecule has 5 N–H and O–H groups in total. The summed E-state index contributed by atoms with van der Waals surface area (Å²) >= 11 is 0. The van der Waals surface area contributed by atoms with Crippen molar-refractivity contribution in [2.45, 2.75) is 38.8 Å². The van der Waals surface area contributed by atoms with Gasteiger partial charge in [0.05, 0.1) is 12.6 Å². The summed E-state index contributed by atoms with van der Waals surface area (Å²) in [6.45, 7) is 3.50. The molecule has 3 amide bonds. The van der Waals surface area contributed by atoms with Gasteiger partial charge in [0.1, 0.15) is 12.6 Å². The fourth-order valence-electron chi connectivity index (χ4n) is 2.23. The molecule has 9 heteroatoms. The second-order valence-electron chi connectivity index (χ2n) is 5.77. The van der Waals surface area contributed by atoms with Gasteiger partial charge in [-0.15, -0.1) is 0 Å². The number of carbonyl (C=O) groups is 4. The lowest BCUT2D eigenvalue weighted by Crippen LogP contribution is -2.53. The molecule has 0 aliphatic carbocycles. The van der Waals surface area contributed by atoms with Crippen LogP contribution >= 0.6 is 0 Å². The summed E-state index contributed by atoms with van der Waals surface area (Å²) < 4.78 is 0. The first-order valence-corrected chi connectivity index (χ1v) is 7.61. The van der Waals surface area contributed by atoms with Gasteiger partial charge in [0, 0.05) is 0 Å². The van der Waals surface area contributed by atoms with Crippen LogP contribution in [0.2, 0.25) is 0 Å². The van der Waals surface area contributed by atoms with Crippen LogP contribution in [0.25, 0.3) is 0 Å². The number of amides is 3. The van der Waals surface area contributed by atoms with Gasteiger partial charge in [-0.25, -0.2) is 0 Å². The number of carboxylic acids is 1. The largest absolute Gasteiger partial charge is 0.480 e. The number of aliphatic carboxylic acids is 1. The minimum atomic E-state index is -1.16. The molecule has 2 atom stereocenters. The van der Waals surface area contributed by atoms with Crippen LogP contribution in [0.4, 0.5) is 0 Å². The Labute approximate surface area is 134 Å². The monoisotopic (exact) mass is 328 g/mol. The Hall–Kier alpha value is -2.16. The second-order valence-corrected chi connectivity index (χ2v) is 5.77. The first-order chi connectivity index (χ1) is 10.8. The lowest BCUT2D eigenvalue weighted by molar-refractivity contribution is -0.138. The van der Waals surface area contributed by atoms with Crippen molar-refractivity contribution >= 4 is 23.7 Å². The molecule has 9 nitrogen and oxygen atoms in total. The van der Waals surface area contributed by atoms with E-state index in [0.717, 1.165) is 19.4 Å². The number of carbonyl (C=O) groups excluding carboxylic acids is 3. The molecule has 0 bridgehead atoms. The van der Waals surface area contributed by atoms with Crippen LogP contribution in [0.3, 0.4) is 0 Å². The van der Waals surface area contributed by atoms with Crippen LogP contribution in [-0.4, -0.2) is 60.5 Å². The van der Waals surface area contributed by atoms with Crippen LogP contribution in [0, 0.1) is 5.92 Å². The molecular formula is C14H24N4O5. The third-order valence-electron chi connectivity index (χ3n) is 3.48. The molecule has 1 aliphatic heterocycles. The maximum absolute atomic E-state index is 11.9. The Morgan fingerprint density at radius 1 is 1.17 bits per heavy atom. The SMILES string of the molecule is CC(C)[C@H](NC(=O)CNC(=O)[C@@H]1CCCN1)C(=O)NCC(=O)O. The van der Waals surface area contributed by atoms with E-state index < -0.39 is 30.4 Å². The highest BCUT2D eigenvalue weighted by Crippen LogP contribution is 2.04. The Morgan fingerprint density at radius 2 is 1.87 bits per heavy atom. The zero-order valence-electron chi connectivity index (χ0n) is 13.3. The molecule has 130 valence electrons. The summed E-state index contributed by atoms with van der Waals surface area (Å²) in [4.78, 5) is 46.0. The number of hydrogen-bond donors (Lipinski definition) is 5. The van der Waals surface area contributed by atoms with E-state index in [1.54, 1.807) is 13.8 Å². The predicted molar refractivity (Wildman–Crippen MR) is 81.4 cm³/mol. The zero-order chi connectivity index (χ0) is 17.4.